The van der Waals surface area contributed by atoms with E-state index in [9.17, 15) is 30.7 Å². The number of aromatic amines is 1. The number of amides is 1. The van der Waals surface area contributed by atoms with Gasteiger partial charge in [-0.25, -0.2) is 4.79 Å². The highest BCUT2D eigenvalue weighted by atomic mass is 32.2. The standard InChI is InChI=1S/C16H15N3O7S2/c1-19(16(20)12-3-2-6-18-12)15-11-7-9(17)4-5-10(11)13(27(21,22)23)8-14(15)28(24,25)26/h2-8,13H,17H2,1H3,(H2-,18,20,21,22,23,24,25,26)/p+1. The molecule has 12 heteroatoms. The summed E-state index contributed by atoms with van der Waals surface area (Å²) in [6, 6.07) is 6.95. The van der Waals surface area contributed by atoms with Gasteiger partial charge in [-0.1, -0.05) is 6.07 Å². The molecule has 1 aliphatic rings. The van der Waals surface area contributed by atoms with Crippen molar-refractivity contribution in [3.63, 3.8) is 0 Å². The van der Waals surface area contributed by atoms with E-state index in [-0.39, 0.29) is 28.2 Å². The smallest absolute Gasteiger partial charge is 0.399 e. The van der Waals surface area contributed by atoms with Gasteiger partial charge in [-0.15, -0.1) is 0 Å². The quantitative estimate of drug-likeness (QED) is 0.314. The monoisotopic (exact) mass is 426 g/mol. The first-order valence-corrected chi connectivity index (χ1v) is 10.7. The maximum Gasteiger partial charge on any atom is 0.436 e. The summed E-state index contributed by atoms with van der Waals surface area (Å²) >= 11 is 0. The Morgan fingerprint density at radius 1 is 1.18 bits per heavy atom. The molecule has 1 atom stereocenters. The van der Waals surface area contributed by atoms with Crippen molar-refractivity contribution in [1.29, 1.82) is 0 Å². The van der Waals surface area contributed by atoms with Gasteiger partial charge in [0.15, 0.2) is 10.6 Å². The van der Waals surface area contributed by atoms with Gasteiger partial charge in [0.2, 0.25) is 5.71 Å². The Kier molecular flexibility index (Phi) is 4.75. The van der Waals surface area contributed by atoms with Crippen LogP contribution in [-0.2, 0) is 20.2 Å². The van der Waals surface area contributed by atoms with Gasteiger partial charge >= 0.3 is 16.0 Å². The third-order valence-electron chi connectivity index (χ3n) is 4.24. The number of nitrogen functional groups attached to an aromatic ring is 1. The topological polar surface area (TPSA) is 171 Å². The number of nitrogens with two attached hydrogens (primary N) is 1. The highest BCUT2D eigenvalue weighted by Crippen LogP contribution is 2.36. The minimum Gasteiger partial charge on any atom is -0.399 e. The van der Waals surface area contributed by atoms with E-state index in [4.69, 9.17) is 5.73 Å². The Morgan fingerprint density at radius 2 is 1.86 bits per heavy atom. The summed E-state index contributed by atoms with van der Waals surface area (Å²) in [6.45, 7) is 0. The third-order valence-corrected chi connectivity index (χ3v) is 6.16. The van der Waals surface area contributed by atoms with Crippen molar-refractivity contribution in [2.24, 2.45) is 0 Å². The zero-order valence-corrected chi connectivity index (χ0v) is 16.0. The SMILES string of the molecule is C[N+](C(=O)c1ccc[nH]1)=C1C(S(=O)(=O)O)=CC(S(=O)(=O)O)c2ccc(N)cc21. The molecular formula is C16H16N3O7S2+. The normalized spacial score (nSPS) is 19.0. The number of hydrogen-bond acceptors (Lipinski definition) is 6. The number of hydrogen-bond donors (Lipinski definition) is 4. The van der Waals surface area contributed by atoms with Crippen molar-refractivity contribution in [1.82, 2.24) is 4.98 Å². The summed E-state index contributed by atoms with van der Waals surface area (Å²) in [6.07, 6.45) is 2.17. The maximum absolute atomic E-state index is 12.7. The first-order valence-electron chi connectivity index (χ1n) is 7.75. The molecular weight excluding hydrogens is 410 g/mol. The first-order chi connectivity index (χ1) is 12.9. The van der Waals surface area contributed by atoms with Crippen LogP contribution in [0.4, 0.5) is 5.69 Å². The molecule has 1 aliphatic carbocycles. The van der Waals surface area contributed by atoms with Gasteiger partial charge in [0.25, 0.3) is 10.1 Å². The van der Waals surface area contributed by atoms with Gasteiger partial charge in [-0.2, -0.15) is 21.4 Å². The molecule has 0 fully saturated rings. The predicted molar refractivity (Wildman–Crippen MR) is 100 cm³/mol. The number of carbonyl (C=O) groups excluding carboxylic acids is 1. The number of benzene rings is 1. The summed E-state index contributed by atoms with van der Waals surface area (Å²) in [5, 5.41) is -1.77. The van der Waals surface area contributed by atoms with Crippen LogP contribution in [0.15, 0.2) is 47.5 Å². The third kappa shape index (κ3) is 3.49. The summed E-state index contributed by atoms with van der Waals surface area (Å²) in [5.41, 5.74) is 5.75. The fourth-order valence-corrected chi connectivity index (χ4v) is 4.73. The maximum atomic E-state index is 12.7. The number of anilines is 1. The van der Waals surface area contributed by atoms with Gasteiger partial charge in [0, 0.05) is 11.9 Å². The van der Waals surface area contributed by atoms with Crippen molar-refractivity contribution in [2.75, 3.05) is 12.8 Å². The second-order valence-electron chi connectivity index (χ2n) is 6.08. The highest BCUT2D eigenvalue weighted by Gasteiger charge is 2.42. The Bertz CT molecular complexity index is 1240. The van der Waals surface area contributed by atoms with Crippen LogP contribution >= 0.6 is 0 Å². The molecule has 1 unspecified atom stereocenters. The molecule has 10 nitrogen and oxygen atoms in total. The Balaban J connectivity index is 2.42. The van der Waals surface area contributed by atoms with E-state index in [0.717, 1.165) is 4.58 Å². The molecule has 0 bridgehead atoms. The van der Waals surface area contributed by atoms with E-state index in [1.165, 1.54) is 37.5 Å². The molecule has 0 radical (unpaired) electrons. The molecule has 5 N–H and O–H groups in total. The first kappa shape index (κ1) is 19.9. The summed E-state index contributed by atoms with van der Waals surface area (Å²) in [7, 11) is -8.48. The number of H-pyrrole nitrogens is 1. The van der Waals surface area contributed by atoms with Crippen molar-refractivity contribution >= 4 is 37.5 Å². The van der Waals surface area contributed by atoms with Gasteiger partial charge in [-0.3, -0.25) is 9.11 Å². The average Bonchev–Trinajstić information content (AvgIpc) is 3.11. The van der Waals surface area contributed by atoms with Gasteiger partial charge < -0.3 is 10.7 Å². The lowest BCUT2D eigenvalue weighted by Crippen LogP contribution is -2.34. The van der Waals surface area contributed by atoms with E-state index < -0.39 is 36.3 Å². The fraction of sp³-hybridized carbons (Fsp3) is 0.125. The summed E-state index contributed by atoms with van der Waals surface area (Å²) in [5.74, 6) is -0.645. The fourth-order valence-electron chi connectivity index (χ4n) is 3.01. The van der Waals surface area contributed by atoms with E-state index in [1.807, 2.05) is 0 Å². The summed E-state index contributed by atoms with van der Waals surface area (Å²) < 4.78 is 67.8. The number of allylic oxidation sites excluding steroid dienone is 1. The molecule has 1 amide bonds. The number of nitrogens with one attached hydrogen (secondary N) is 1. The molecule has 1 heterocycles. The molecule has 1 aromatic carbocycles. The lowest BCUT2D eigenvalue weighted by Gasteiger charge is -2.21. The molecule has 3 rings (SSSR count). The van der Waals surface area contributed by atoms with Crippen LogP contribution in [0.3, 0.4) is 0 Å². The zero-order chi connectivity index (χ0) is 20.9. The van der Waals surface area contributed by atoms with Crippen molar-refractivity contribution in [3.05, 3.63) is 64.3 Å². The van der Waals surface area contributed by atoms with E-state index in [2.05, 4.69) is 4.98 Å². The molecule has 0 saturated heterocycles. The van der Waals surface area contributed by atoms with Crippen molar-refractivity contribution < 1.29 is 35.3 Å². The number of fused-ring (bicyclic) bond motifs is 1. The molecule has 0 saturated carbocycles. The van der Waals surface area contributed by atoms with E-state index >= 15 is 0 Å². The molecule has 0 aliphatic heterocycles. The molecule has 28 heavy (non-hydrogen) atoms. The second kappa shape index (κ2) is 6.67. The van der Waals surface area contributed by atoms with Crippen molar-refractivity contribution in [3.8, 4) is 0 Å². The lowest BCUT2D eigenvalue weighted by atomic mass is 9.93. The van der Waals surface area contributed by atoms with Crippen LogP contribution in [-0.4, -0.2) is 54.2 Å². The van der Waals surface area contributed by atoms with Crippen LogP contribution < -0.4 is 5.73 Å². The number of nitrogens with zero attached hydrogens (tertiary/aromatic N) is 1. The number of aromatic nitrogens is 1. The molecule has 148 valence electrons. The molecule has 2 aromatic rings. The Labute approximate surface area is 160 Å². The Hall–Kier alpha value is -2.80. The zero-order valence-electron chi connectivity index (χ0n) is 14.4. The lowest BCUT2D eigenvalue weighted by molar-refractivity contribution is -0.393. The minimum atomic E-state index is -4.97. The van der Waals surface area contributed by atoms with Crippen LogP contribution in [0.1, 0.15) is 26.9 Å². The average molecular weight is 426 g/mol. The highest BCUT2D eigenvalue weighted by molar-refractivity contribution is 7.91. The molecule has 1 aromatic heterocycles. The minimum absolute atomic E-state index is 0.00485. The number of carbonyl (C=O) groups is 1. The summed E-state index contributed by atoms with van der Waals surface area (Å²) in [4.78, 5) is 14.6. The van der Waals surface area contributed by atoms with Crippen molar-refractivity contribution in [2.45, 2.75) is 5.25 Å². The van der Waals surface area contributed by atoms with Gasteiger partial charge in [-0.05, 0) is 35.9 Å². The van der Waals surface area contributed by atoms with Crippen LogP contribution in [0.25, 0.3) is 0 Å². The largest absolute Gasteiger partial charge is 0.436 e. The second-order valence-corrected chi connectivity index (χ2v) is 9.01. The number of rotatable bonds is 3. The van der Waals surface area contributed by atoms with E-state index in [0.29, 0.717) is 6.08 Å². The van der Waals surface area contributed by atoms with Gasteiger partial charge in [0.1, 0.15) is 12.3 Å². The van der Waals surface area contributed by atoms with Crippen LogP contribution in [0.5, 0.6) is 0 Å². The van der Waals surface area contributed by atoms with E-state index in [1.54, 1.807) is 6.07 Å². The van der Waals surface area contributed by atoms with Crippen LogP contribution in [0, 0.1) is 0 Å². The van der Waals surface area contributed by atoms with Crippen LogP contribution in [0.2, 0.25) is 0 Å². The Morgan fingerprint density at radius 3 is 2.39 bits per heavy atom. The molecule has 0 spiro atoms. The predicted octanol–water partition coefficient (Wildman–Crippen LogP) is 0.583. The van der Waals surface area contributed by atoms with Gasteiger partial charge in [0.05, 0.1) is 5.56 Å².